The number of fused-ring (bicyclic) bond motifs is 3. The molecule has 0 bridgehead atoms. The predicted molar refractivity (Wildman–Crippen MR) is 241 cm³/mol. The van der Waals surface area contributed by atoms with Crippen LogP contribution in [0.2, 0.25) is 5.02 Å². The van der Waals surface area contributed by atoms with Gasteiger partial charge < -0.3 is 44.7 Å². The largest absolute Gasteiger partial charge is 0.495 e. The summed E-state index contributed by atoms with van der Waals surface area (Å²) >= 11 is 8.25. The van der Waals surface area contributed by atoms with Gasteiger partial charge in [-0.2, -0.15) is 0 Å². The fourth-order valence-corrected chi connectivity index (χ4v) is 12.6. The Morgan fingerprint density at radius 1 is 1.09 bits per heavy atom. The number of carbonyl (C=O) groups excluding carboxylic acids is 3. The highest BCUT2D eigenvalue weighted by atomic mass is 35.5. The van der Waals surface area contributed by atoms with Crippen molar-refractivity contribution < 1.29 is 51.6 Å². The maximum atomic E-state index is 14.9. The highest BCUT2D eigenvalue weighted by molar-refractivity contribution is 7.59. The second-order valence-corrected chi connectivity index (χ2v) is 21.0. The van der Waals surface area contributed by atoms with E-state index in [1.165, 1.54) is 23.3 Å². The molecule has 15 nitrogen and oxygen atoms in total. The Morgan fingerprint density at radius 3 is 2.60 bits per heavy atom. The zero-order valence-electron chi connectivity index (χ0n) is 36.2. The van der Waals surface area contributed by atoms with E-state index in [0.29, 0.717) is 51.8 Å². The molecule has 4 heterocycles. The van der Waals surface area contributed by atoms with Gasteiger partial charge in [-0.1, -0.05) is 29.8 Å². The molecule has 4 aliphatic rings. The van der Waals surface area contributed by atoms with Gasteiger partial charge in [-0.15, -0.1) is 11.3 Å². The minimum absolute atomic E-state index is 0.0284. The summed E-state index contributed by atoms with van der Waals surface area (Å²) in [6.07, 6.45) is 4.10. The van der Waals surface area contributed by atoms with Crippen LogP contribution in [-0.2, 0) is 29.8 Å². The van der Waals surface area contributed by atoms with E-state index in [-0.39, 0.29) is 62.6 Å². The molecule has 4 aromatic rings. The van der Waals surface area contributed by atoms with Crippen molar-refractivity contribution >= 4 is 64.2 Å². The van der Waals surface area contributed by atoms with Crippen molar-refractivity contribution in [3.8, 4) is 22.9 Å². The SMILES string of the molecule is COc1ccc2c(O[C@@H]3C[C@H]4C(=O)N[C@]5(P(=O)(O)Cc6c(F)cccc6F)C[C@H]5CCOC/C=C/C[C@H](NC(=O)OC5CCCC5)C(=O)N4C3)cc(-c3csc(NC(C)C)n3)nc2c1Cl. The van der Waals surface area contributed by atoms with Crippen molar-refractivity contribution in [2.45, 2.75) is 107 Å². The first-order valence-corrected chi connectivity index (χ1v) is 24.9. The van der Waals surface area contributed by atoms with Crippen molar-refractivity contribution in [2.24, 2.45) is 5.92 Å². The van der Waals surface area contributed by atoms with Crippen LogP contribution >= 0.6 is 30.3 Å². The molecule has 0 spiro atoms. The van der Waals surface area contributed by atoms with Crippen molar-refractivity contribution in [1.29, 1.82) is 0 Å². The summed E-state index contributed by atoms with van der Waals surface area (Å²) in [5.41, 5.74) is 0.771. The van der Waals surface area contributed by atoms with Crippen LogP contribution in [0.15, 0.2) is 53.9 Å². The van der Waals surface area contributed by atoms with E-state index >= 15 is 0 Å². The third-order valence-corrected chi connectivity index (χ3v) is 16.2. The van der Waals surface area contributed by atoms with Crippen LogP contribution in [-0.4, -0.2) is 100 Å². The first-order valence-electron chi connectivity index (χ1n) is 21.8. The molecule has 2 saturated carbocycles. The second-order valence-electron chi connectivity index (χ2n) is 17.3. The molecule has 2 aromatic heterocycles. The van der Waals surface area contributed by atoms with Crippen LogP contribution in [0.3, 0.4) is 0 Å². The molecule has 20 heteroatoms. The number of aromatic nitrogens is 2. The Balaban J connectivity index is 1.15. The quantitative estimate of drug-likeness (QED) is 0.0835. The van der Waals surface area contributed by atoms with E-state index in [2.05, 4.69) is 16.0 Å². The highest BCUT2D eigenvalue weighted by Gasteiger charge is 2.66. The van der Waals surface area contributed by atoms with Gasteiger partial charge in [-0.25, -0.2) is 23.5 Å². The van der Waals surface area contributed by atoms with Gasteiger partial charge in [-0.05, 0) is 89.0 Å². The number of carbonyl (C=O) groups is 3. The Hall–Kier alpha value is -4.87. The van der Waals surface area contributed by atoms with E-state index in [4.69, 9.17) is 40.5 Å². The first-order chi connectivity index (χ1) is 31.2. The van der Waals surface area contributed by atoms with Gasteiger partial charge in [-0.3, -0.25) is 14.2 Å². The van der Waals surface area contributed by atoms with Crippen molar-refractivity contribution in [3.05, 3.63) is 76.2 Å². The Bertz CT molecular complexity index is 2510. The zero-order valence-corrected chi connectivity index (χ0v) is 38.7. The summed E-state index contributed by atoms with van der Waals surface area (Å²) in [7, 11) is -3.14. The monoisotopic (exact) mass is 956 g/mol. The first kappa shape index (κ1) is 46.7. The number of benzene rings is 2. The number of rotatable bonds is 11. The van der Waals surface area contributed by atoms with Crippen LogP contribution in [0.25, 0.3) is 22.3 Å². The number of methoxy groups -OCH3 is 1. The van der Waals surface area contributed by atoms with E-state index in [1.54, 1.807) is 30.4 Å². The molecule has 0 radical (unpaired) electrons. The molecule has 65 heavy (non-hydrogen) atoms. The zero-order chi connectivity index (χ0) is 46.0. The normalized spacial score (nSPS) is 25.4. The van der Waals surface area contributed by atoms with E-state index in [9.17, 15) is 32.6 Å². The average Bonchev–Trinajstić information content (AvgIpc) is 3.68. The number of hydrogen-bond donors (Lipinski definition) is 4. The minimum atomic E-state index is -4.63. The molecule has 1 unspecified atom stereocenters. The van der Waals surface area contributed by atoms with Gasteiger partial charge >= 0.3 is 6.09 Å². The summed E-state index contributed by atoms with van der Waals surface area (Å²) in [5.74, 6) is -3.26. The number of hydrogen-bond acceptors (Lipinski definition) is 12. The Kier molecular flexibility index (Phi) is 14.0. The third kappa shape index (κ3) is 10.1. The summed E-state index contributed by atoms with van der Waals surface area (Å²) < 4.78 is 68.1. The van der Waals surface area contributed by atoms with Crippen molar-refractivity contribution in [1.82, 2.24) is 25.5 Å². The van der Waals surface area contributed by atoms with Crippen molar-refractivity contribution in [2.75, 3.05) is 32.2 Å². The van der Waals surface area contributed by atoms with Gasteiger partial charge in [0.05, 0.1) is 37.6 Å². The minimum Gasteiger partial charge on any atom is -0.495 e. The molecule has 2 aliphatic carbocycles. The van der Waals surface area contributed by atoms with E-state index < -0.39 is 78.0 Å². The van der Waals surface area contributed by atoms with Crippen LogP contribution in [0.1, 0.15) is 70.8 Å². The lowest BCUT2D eigenvalue weighted by atomic mass is 10.1. The fraction of sp³-hybridized carbons (Fsp3) is 0.489. The number of anilines is 1. The third-order valence-electron chi connectivity index (χ3n) is 12.4. The van der Waals surface area contributed by atoms with Crippen LogP contribution in [0.5, 0.6) is 11.5 Å². The van der Waals surface area contributed by atoms with Gasteiger partial charge in [0.25, 0.3) is 0 Å². The topological polar surface area (TPSA) is 191 Å². The van der Waals surface area contributed by atoms with Crippen LogP contribution in [0, 0.1) is 17.6 Å². The number of amides is 3. The van der Waals surface area contributed by atoms with Gasteiger partial charge in [0.15, 0.2) is 5.13 Å². The number of thiazole rings is 1. The van der Waals surface area contributed by atoms with E-state index in [0.717, 1.165) is 31.0 Å². The maximum Gasteiger partial charge on any atom is 0.408 e. The number of nitrogens with one attached hydrogen (secondary N) is 3. The number of halogens is 3. The maximum absolute atomic E-state index is 14.9. The summed E-state index contributed by atoms with van der Waals surface area (Å²) in [4.78, 5) is 65.6. The Labute approximate surface area is 384 Å². The van der Waals surface area contributed by atoms with Gasteiger partial charge in [0.1, 0.15) is 63.4 Å². The molecule has 3 fully saturated rings. The number of alkyl carbamates (subject to hydrolysis) is 1. The lowest BCUT2D eigenvalue weighted by molar-refractivity contribution is -0.140. The average molecular weight is 957 g/mol. The molecule has 6 atom stereocenters. The summed E-state index contributed by atoms with van der Waals surface area (Å²) in [6, 6.07) is 5.95. The summed E-state index contributed by atoms with van der Waals surface area (Å²) in [6.45, 7) is 4.13. The molecule has 3 amide bonds. The lowest BCUT2D eigenvalue weighted by Crippen LogP contribution is -2.55. The molecule has 348 valence electrons. The van der Waals surface area contributed by atoms with Crippen molar-refractivity contribution in [3.63, 3.8) is 0 Å². The molecule has 4 N–H and O–H groups in total. The number of pyridine rings is 1. The molecule has 2 aromatic carbocycles. The standard InChI is InChI=1S/C45H52ClF2N6O9PS/c1-25(2)49-43-51-35(24-65-43)34-20-38(29-14-15-37(60-3)39(46)40(29)50-34)62-28-19-36-41(55)53-45(64(58,59)23-30-31(47)11-8-12-32(30)48)21-26(45)16-18-61-17-7-6-13-33(42(56)54(36)22-28)52-44(57)63-27-9-4-5-10-27/h6-8,11-12,14-15,20,24-28,33,36H,4-5,9-10,13,16-19,21-23H2,1-3H3,(H,49,51)(H,52,57)(H,53,55)(H,58,59)/b7-6+/t26-,28-,33+,36+,45+/m1/s1. The second kappa shape index (κ2) is 19.5. The smallest absolute Gasteiger partial charge is 0.408 e. The highest BCUT2D eigenvalue weighted by Crippen LogP contribution is 2.71. The molecular weight excluding hydrogens is 905 g/mol. The molecule has 1 saturated heterocycles. The number of ether oxygens (including phenoxy) is 4. The van der Waals surface area contributed by atoms with Gasteiger partial charge in [0, 0.05) is 41.5 Å². The van der Waals surface area contributed by atoms with Gasteiger partial charge in [0.2, 0.25) is 19.2 Å². The fourth-order valence-electron chi connectivity index (χ4n) is 8.95. The molecule has 8 rings (SSSR count). The van der Waals surface area contributed by atoms with E-state index in [1.807, 2.05) is 19.2 Å². The molecule has 2 aliphatic heterocycles. The summed E-state index contributed by atoms with van der Waals surface area (Å²) in [5, 5.41) is 10.3. The van der Waals surface area contributed by atoms with Crippen LogP contribution in [0.4, 0.5) is 18.7 Å². The number of nitrogens with zero attached hydrogens (tertiary/aromatic N) is 3. The lowest BCUT2D eigenvalue weighted by Gasteiger charge is -2.31. The van der Waals surface area contributed by atoms with Crippen LogP contribution < -0.4 is 25.4 Å². The predicted octanol–water partition coefficient (Wildman–Crippen LogP) is 8.17. The molecular formula is C45H52ClF2N6O9PS. The Morgan fingerprint density at radius 2 is 1.86 bits per heavy atom.